The van der Waals surface area contributed by atoms with Crippen LogP contribution in [0.4, 0.5) is 5.69 Å². The number of hydrogen-bond donors (Lipinski definition) is 2. The number of fused-ring (bicyclic) bond motifs is 1. The standard InChI is InChI=1S/C26H29Cl2N7O2/c1-3-34-8-6-17(7-9-34)14-35-15-18(11-30-35)31-26(36)25-20-10-19(4-5-23(20)32-33-25)37-16(2)24-21(27)12-29-13-22(24)28/h4-5,10-13,15-17H,3,6-9,14H2,1-2H3,(H,31,36)(H,32,33)/t16-/m1/s1. The van der Waals surface area contributed by atoms with Crippen molar-refractivity contribution in [2.75, 3.05) is 25.0 Å². The number of likely N-dealkylation sites (tertiary alicyclic amines) is 1. The van der Waals surface area contributed by atoms with Crippen LogP contribution >= 0.6 is 23.2 Å². The third-order valence-corrected chi connectivity index (χ3v) is 7.45. The van der Waals surface area contributed by atoms with Crippen molar-refractivity contribution >= 4 is 45.7 Å². The van der Waals surface area contributed by atoms with Gasteiger partial charge in [0.2, 0.25) is 0 Å². The molecule has 9 nitrogen and oxygen atoms in total. The first-order chi connectivity index (χ1) is 17.9. The summed E-state index contributed by atoms with van der Waals surface area (Å²) in [4.78, 5) is 19.5. The topological polar surface area (TPSA) is 101 Å². The van der Waals surface area contributed by atoms with Gasteiger partial charge in [0, 0.05) is 36.1 Å². The molecule has 194 valence electrons. The van der Waals surface area contributed by atoms with Crippen molar-refractivity contribution < 1.29 is 9.53 Å². The molecule has 0 bridgehead atoms. The molecule has 11 heteroatoms. The molecule has 1 amide bonds. The van der Waals surface area contributed by atoms with Gasteiger partial charge < -0.3 is 15.0 Å². The number of nitrogens with one attached hydrogen (secondary N) is 2. The number of piperidine rings is 1. The average molecular weight is 542 g/mol. The number of nitrogens with zero attached hydrogens (tertiary/aromatic N) is 5. The van der Waals surface area contributed by atoms with Crippen LogP contribution in [-0.2, 0) is 6.54 Å². The second-order valence-corrected chi connectivity index (χ2v) is 10.2. The SMILES string of the molecule is CCN1CCC(Cn2cc(NC(=O)c3n[nH]c4ccc(O[C@H](C)c5c(Cl)cncc5Cl)cc34)cn2)CC1. The van der Waals surface area contributed by atoms with E-state index < -0.39 is 6.10 Å². The number of halogens is 2. The maximum atomic E-state index is 13.1. The summed E-state index contributed by atoms with van der Waals surface area (Å²) in [6.07, 6.45) is 8.51. The molecule has 4 heterocycles. The van der Waals surface area contributed by atoms with Gasteiger partial charge in [-0.3, -0.25) is 19.6 Å². The Morgan fingerprint density at radius 2 is 1.97 bits per heavy atom. The molecule has 5 rings (SSSR count). The summed E-state index contributed by atoms with van der Waals surface area (Å²) in [5.41, 5.74) is 2.28. The van der Waals surface area contributed by atoms with Crippen molar-refractivity contribution in [1.29, 1.82) is 0 Å². The zero-order valence-corrected chi connectivity index (χ0v) is 22.3. The summed E-state index contributed by atoms with van der Waals surface area (Å²) in [7, 11) is 0. The molecule has 37 heavy (non-hydrogen) atoms. The molecule has 0 unspecified atom stereocenters. The molecule has 0 saturated carbocycles. The van der Waals surface area contributed by atoms with Crippen LogP contribution in [0.2, 0.25) is 10.0 Å². The molecule has 1 saturated heterocycles. The molecule has 1 fully saturated rings. The number of rotatable bonds is 8. The Labute approximate surface area is 225 Å². The number of ether oxygens (including phenoxy) is 1. The molecular formula is C26H29Cl2N7O2. The number of amides is 1. The van der Waals surface area contributed by atoms with Gasteiger partial charge in [0.15, 0.2) is 5.69 Å². The molecule has 0 aliphatic carbocycles. The van der Waals surface area contributed by atoms with E-state index in [1.165, 1.54) is 12.4 Å². The average Bonchev–Trinajstić information content (AvgIpc) is 3.51. The smallest absolute Gasteiger partial charge is 0.276 e. The summed E-state index contributed by atoms with van der Waals surface area (Å²) in [6, 6.07) is 5.40. The summed E-state index contributed by atoms with van der Waals surface area (Å²) >= 11 is 12.6. The van der Waals surface area contributed by atoms with Gasteiger partial charge in [-0.25, -0.2) is 0 Å². The van der Waals surface area contributed by atoms with E-state index >= 15 is 0 Å². The highest BCUT2D eigenvalue weighted by atomic mass is 35.5. The van der Waals surface area contributed by atoms with Gasteiger partial charge in [-0.15, -0.1) is 0 Å². The van der Waals surface area contributed by atoms with E-state index in [2.05, 4.69) is 37.4 Å². The molecule has 0 spiro atoms. The van der Waals surface area contributed by atoms with E-state index in [1.54, 1.807) is 18.3 Å². The van der Waals surface area contributed by atoms with Gasteiger partial charge in [0.05, 0.1) is 27.4 Å². The van der Waals surface area contributed by atoms with Crippen LogP contribution < -0.4 is 10.1 Å². The van der Waals surface area contributed by atoms with Crippen LogP contribution in [0.5, 0.6) is 5.75 Å². The fourth-order valence-electron chi connectivity index (χ4n) is 4.78. The fraction of sp³-hybridized carbons (Fsp3) is 0.385. The number of anilines is 1. The Balaban J connectivity index is 1.26. The highest BCUT2D eigenvalue weighted by molar-refractivity contribution is 6.35. The first kappa shape index (κ1) is 25.5. The first-order valence-electron chi connectivity index (χ1n) is 12.4. The van der Waals surface area contributed by atoms with E-state index in [4.69, 9.17) is 27.9 Å². The maximum Gasteiger partial charge on any atom is 0.276 e. The van der Waals surface area contributed by atoms with Crippen LogP contribution in [0.3, 0.4) is 0 Å². The predicted octanol–water partition coefficient (Wildman–Crippen LogP) is 5.59. The Bertz CT molecular complexity index is 1370. The number of benzene rings is 1. The maximum absolute atomic E-state index is 13.1. The lowest BCUT2D eigenvalue weighted by molar-refractivity contribution is 0.102. The van der Waals surface area contributed by atoms with Crippen LogP contribution in [0, 0.1) is 5.92 Å². The Kier molecular flexibility index (Phi) is 7.64. The van der Waals surface area contributed by atoms with Gasteiger partial charge in [-0.05, 0) is 63.5 Å². The third kappa shape index (κ3) is 5.74. The third-order valence-electron chi connectivity index (χ3n) is 6.85. The minimum Gasteiger partial charge on any atom is -0.486 e. The lowest BCUT2D eigenvalue weighted by atomic mass is 9.97. The number of pyridine rings is 1. The van der Waals surface area contributed by atoms with Gasteiger partial charge >= 0.3 is 0 Å². The minimum atomic E-state index is -0.426. The van der Waals surface area contributed by atoms with Gasteiger partial charge in [0.1, 0.15) is 11.9 Å². The zero-order valence-electron chi connectivity index (χ0n) is 20.7. The van der Waals surface area contributed by atoms with Gasteiger partial charge in [0.25, 0.3) is 5.91 Å². The Hall–Kier alpha value is -3.14. The quantitative estimate of drug-likeness (QED) is 0.301. The van der Waals surface area contributed by atoms with Crippen molar-refractivity contribution in [3.05, 3.63) is 64.3 Å². The molecule has 3 aromatic heterocycles. The summed E-state index contributed by atoms with van der Waals surface area (Å²) in [5.74, 6) is 0.827. The number of hydrogen-bond acceptors (Lipinski definition) is 6. The normalized spacial score (nSPS) is 15.7. The molecule has 1 atom stereocenters. The minimum absolute atomic E-state index is 0.271. The lowest BCUT2D eigenvalue weighted by Gasteiger charge is -2.30. The molecule has 2 N–H and O–H groups in total. The number of aromatic amines is 1. The van der Waals surface area contributed by atoms with Crippen LogP contribution in [0.15, 0.2) is 43.0 Å². The molecule has 0 radical (unpaired) electrons. The fourth-order valence-corrected chi connectivity index (χ4v) is 5.45. The van der Waals surface area contributed by atoms with Gasteiger partial charge in [-0.2, -0.15) is 10.2 Å². The molecule has 1 aliphatic rings. The van der Waals surface area contributed by atoms with E-state index in [0.717, 1.165) is 44.5 Å². The first-order valence-corrected chi connectivity index (χ1v) is 13.2. The lowest BCUT2D eigenvalue weighted by Crippen LogP contribution is -2.34. The number of carbonyl (C=O) groups is 1. The predicted molar refractivity (Wildman–Crippen MR) is 144 cm³/mol. The van der Waals surface area contributed by atoms with Crippen molar-refractivity contribution in [3.63, 3.8) is 0 Å². The molecular weight excluding hydrogens is 513 g/mol. The van der Waals surface area contributed by atoms with Crippen LogP contribution in [0.1, 0.15) is 48.8 Å². The van der Waals surface area contributed by atoms with Crippen molar-refractivity contribution in [3.8, 4) is 5.75 Å². The van der Waals surface area contributed by atoms with Crippen molar-refractivity contribution in [2.45, 2.75) is 39.3 Å². The van der Waals surface area contributed by atoms with E-state index in [9.17, 15) is 4.79 Å². The number of H-pyrrole nitrogens is 1. The van der Waals surface area contributed by atoms with Crippen molar-refractivity contribution in [2.24, 2.45) is 5.92 Å². The second kappa shape index (κ2) is 11.1. The second-order valence-electron chi connectivity index (χ2n) is 9.34. The number of aromatic nitrogens is 5. The molecule has 1 aromatic carbocycles. The largest absolute Gasteiger partial charge is 0.486 e. The summed E-state index contributed by atoms with van der Waals surface area (Å²) in [6.45, 7) is 8.27. The highest BCUT2D eigenvalue weighted by Crippen LogP contribution is 2.33. The molecule has 4 aromatic rings. The van der Waals surface area contributed by atoms with Crippen LogP contribution in [0.25, 0.3) is 10.9 Å². The Morgan fingerprint density at radius 1 is 1.22 bits per heavy atom. The monoisotopic (exact) mass is 541 g/mol. The van der Waals surface area contributed by atoms with Crippen LogP contribution in [-0.4, -0.2) is 55.4 Å². The van der Waals surface area contributed by atoms with Crippen molar-refractivity contribution in [1.82, 2.24) is 29.9 Å². The number of carbonyl (C=O) groups excluding carboxylic acids is 1. The zero-order chi connectivity index (χ0) is 25.9. The summed E-state index contributed by atoms with van der Waals surface area (Å²) in [5, 5.41) is 16.0. The van der Waals surface area contributed by atoms with E-state index in [0.29, 0.717) is 38.3 Å². The Morgan fingerprint density at radius 3 is 2.70 bits per heavy atom. The van der Waals surface area contributed by atoms with E-state index in [-0.39, 0.29) is 11.6 Å². The molecule has 1 aliphatic heterocycles. The van der Waals surface area contributed by atoms with Gasteiger partial charge in [-0.1, -0.05) is 30.1 Å². The van der Waals surface area contributed by atoms with E-state index in [1.807, 2.05) is 23.9 Å². The highest BCUT2D eigenvalue weighted by Gasteiger charge is 2.21. The summed E-state index contributed by atoms with van der Waals surface area (Å²) < 4.78 is 8.01.